The molecule has 2 rings (SSSR count). The van der Waals surface area contributed by atoms with Gasteiger partial charge in [-0.15, -0.1) is 0 Å². The molecule has 0 aromatic carbocycles. The molecule has 0 aliphatic heterocycles. The van der Waals surface area contributed by atoms with Crippen molar-refractivity contribution in [2.75, 3.05) is 0 Å². The third-order valence-corrected chi connectivity index (χ3v) is 4.71. The van der Waals surface area contributed by atoms with Gasteiger partial charge in [0.25, 0.3) is 0 Å². The summed E-state index contributed by atoms with van der Waals surface area (Å²) in [6, 6.07) is 0. The van der Waals surface area contributed by atoms with Crippen molar-refractivity contribution in [3.63, 3.8) is 0 Å². The average molecular weight is 196 g/mol. The second-order valence-electron chi connectivity index (χ2n) is 5.28. The van der Waals surface area contributed by atoms with E-state index in [0.717, 1.165) is 18.6 Å². The Morgan fingerprint density at radius 2 is 2.14 bits per heavy atom. The molecule has 0 aromatic rings. The van der Waals surface area contributed by atoms with Crippen LogP contribution in [0.5, 0.6) is 0 Å². The van der Waals surface area contributed by atoms with Gasteiger partial charge in [0.15, 0.2) is 5.03 Å². The zero-order valence-corrected chi connectivity index (χ0v) is 8.91. The lowest BCUT2D eigenvalue weighted by Crippen LogP contribution is -2.32. The molecule has 2 saturated carbocycles. The zero-order chi connectivity index (χ0) is 10.6. The summed E-state index contributed by atoms with van der Waals surface area (Å²) in [7, 11) is 0. The van der Waals surface area contributed by atoms with E-state index in [-0.39, 0.29) is 10.8 Å². The summed E-state index contributed by atoms with van der Waals surface area (Å²) in [4.78, 5) is 10.4. The number of nitro groups is 1. The van der Waals surface area contributed by atoms with Gasteiger partial charge in [-0.25, -0.2) is 10.1 Å². The maximum absolute atomic E-state index is 10.4. The number of hydrogen-bond acceptors (Lipinski definition) is 2. The minimum Gasteiger partial charge on any atom is -0.233 e. The van der Waals surface area contributed by atoms with Crippen LogP contribution in [0.3, 0.4) is 0 Å². The van der Waals surface area contributed by atoms with Gasteiger partial charge in [-0.3, -0.25) is 0 Å². The third-order valence-electron chi connectivity index (χ3n) is 4.71. The van der Waals surface area contributed by atoms with E-state index in [2.05, 4.69) is 25.9 Å². The first-order valence-electron chi connectivity index (χ1n) is 5.10. The van der Waals surface area contributed by atoms with E-state index in [9.17, 15) is 10.1 Å². The lowest BCUT2D eigenvalue weighted by molar-refractivity contribution is -0.485. The Hall–Kier alpha value is -0.930. The second kappa shape index (κ2) is 2.55. The maximum atomic E-state index is 10.4. The smallest absolute Gasteiger partial charge is 0.190 e. The SMILES string of the molecule is CC1(C)[C@H]2CC[C@]1(C)/C(=N\[N+](=O)[O-])C2. The van der Waals surface area contributed by atoms with Crippen LogP contribution in [0.4, 0.5) is 0 Å². The van der Waals surface area contributed by atoms with Gasteiger partial charge in [0.1, 0.15) is 0 Å². The minimum atomic E-state index is -0.544. The van der Waals surface area contributed by atoms with Crippen LogP contribution in [0.1, 0.15) is 40.0 Å². The fraction of sp³-hybridized carbons (Fsp3) is 0.900. The molecule has 0 spiro atoms. The summed E-state index contributed by atoms with van der Waals surface area (Å²) in [5.74, 6) is 0.589. The number of nitrogens with zero attached hydrogens (tertiary/aromatic N) is 2. The first kappa shape index (κ1) is 9.62. The number of fused-ring (bicyclic) bond motifs is 2. The Morgan fingerprint density at radius 3 is 2.50 bits per heavy atom. The van der Waals surface area contributed by atoms with E-state index < -0.39 is 5.03 Å². The number of hydrazone groups is 1. The highest BCUT2D eigenvalue weighted by Gasteiger charge is 2.61. The molecule has 2 atom stereocenters. The Kier molecular flexibility index (Phi) is 1.75. The largest absolute Gasteiger partial charge is 0.233 e. The minimum absolute atomic E-state index is 0.0370. The summed E-state index contributed by atoms with van der Waals surface area (Å²) in [6.45, 7) is 6.56. The van der Waals surface area contributed by atoms with E-state index in [1.807, 2.05) is 0 Å². The molecule has 2 aliphatic rings. The molecule has 2 bridgehead atoms. The quantitative estimate of drug-likeness (QED) is 0.478. The van der Waals surface area contributed by atoms with Gasteiger partial charge < -0.3 is 0 Å². The fourth-order valence-corrected chi connectivity index (χ4v) is 3.18. The predicted molar refractivity (Wildman–Crippen MR) is 53.7 cm³/mol. The van der Waals surface area contributed by atoms with E-state index >= 15 is 0 Å². The van der Waals surface area contributed by atoms with E-state index in [0.29, 0.717) is 5.92 Å². The van der Waals surface area contributed by atoms with Crippen LogP contribution in [-0.4, -0.2) is 10.7 Å². The molecule has 4 heteroatoms. The molecule has 2 aliphatic carbocycles. The molecule has 2 fully saturated rings. The standard InChI is InChI=1S/C10H16N2O2/c1-9(2)7-4-5-10(9,3)8(6-7)11-12(13)14/h7H,4-6H2,1-3H3/b11-8-/t7-,10+/m0/s1. The molecule has 0 heterocycles. The highest BCUT2D eigenvalue weighted by atomic mass is 16.7. The normalized spacial score (nSPS) is 41.9. The molecule has 4 nitrogen and oxygen atoms in total. The third kappa shape index (κ3) is 0.967. The fourth-order valence-electron chi connectivity index (χ4n) is 3.18. The lowest BCUT2D eigenvalue weighted by atomic mass is 9.70. The Morgan fingerprint density at radius 1 is 1.50 bits per heavy atom. The van der Waals surface area contributed by atoms with Crippen molar-refractivity contribution in [1.82, 2.24) is 0 Å². The molecule has 0 saturated heterocycles. The summed E-state index contributed by atoms with van der Waals surface area (Å²) in [6.07, 6.45) is 3.07. The Balaban J connectivity index is 2.41. The van der Waals surface area contributed by atoms with Crippen LogP contribution in [0.25, 0.3) is 0 Å². The van der Waals surface area contributed by atoms with Gasteiger partial charge in [0.2, 0.25) is 0 Å². The van der Waals surface area contributed by atoms with E-state index in [4.69, 9.17) is 0 Å². The van der Waals surface area contributed by atoms with E-state index in [1.54, 1.807) is 0 Å². The van der Waals surface area contributed by atoms with Crippen LogP contribution >= 0.6 is 0 Å². The molecule has 0 N–H and O–H groups in total. The van der Waals surface area contributed by atoms with Crippen LogP contribution in [0.15, 0.2) is 5.10 Å². The summed E-state index contributed by atoms with van der Waals surface area (Å²) < 4.78 is 0. The van der Waals surface area contributed by atoms with E-state index in [1.165, 1.54) is 6.42 Å². The molecule has 0 amide bonds. The molecule has 14 heavy (non-hydrogen) atoms. The Bertz CT molecular complexity index is 322. The number of hydrogen-bond donors (Lipinski definition) is 0. The van der Waals surface area contributed by atoms with Crippen molar-refractivity contribution in [2.24, 2.45) is 21.8 Å². The second-order valence-corrected chi connectivity index (χ2v) is 5.28. The van der Waals surface area contributed by atoms with Crippen molar-refractivity contribution < 1.29 is 5.03 Å². The molecule has 0 aromatic heterocycles. The van der Waals surface area contributed by atoms with Crippen LogP contribution in [0.2, 0.25) is 0 Å². The molecule has 0 unspecified atom stereocenters. The highest BCUT2D eigenvalue weighted by Crippen LogP contribution is 2.63. The first-order valence-corrected chi connectivity index (χ1v) is 5.10. The van der Waals surface area contributed by atoms with Crippen LogP contribution in [0, 0.1) is 26.9 Å². The van der Waals surface area contributed by atoms with Crippen molar-refractivity contribution >= 4 is 5.71 Å². The predicted octanol–water partition coefficient (Wildman–Crippen LogP) is 2.47. The monoisotopic (exact) mass is 196 g/mol. The van der Waals surface area contributed by atoms with Gasteiger partial charge in [0.05, 0.1) is 10.8 Å². The topological polar surface area (TPSA) is 55.5 Å². The van der Waals surface area contributed by atoms with Crippen LogP contribution in [-0.2, 0) is 0 Å². The van der Waals surface area contributed by atoms with Gasteiger partial charge in [-0.1, -0.05) is 20.8 Å². The van der Waals surface area contributed by atoms with Crippen molar-refractivity contribution in [3.8, 4) is 0 Å². The lowest BCUT2D eigenvalue weighted by Gasteiger charge is -2.33. The van der Waals surface area contributed by atoms with Gasteiger partial charge in [0, 0.05) is 5.41 Å². The first-order chi connectivity index (χ1) is 6.38. The van der Waals surface area contributed by atoms with Gasteiger partial charge >= 0.3 is 0 Å². The summed E-state index contributed by atoms with van der Waals surface area (Å²) >= 11 is 0. The van der Waals surface area contributed by atoms with Gasteiger partial charge in [-0.2, -0.15) is 0 Å². The van der Waals surface area contributed by atoms with Crippen molar-refractivity contribution in [1.29, 1.82) is 0 Å². The van der Waals surface area contributed by atoms with Crippen LogP contribution < -0.4 is 0 Å². The Labute approximate surface area is 83.5 Å². The van der Waals surface area contributed by atoms with Crippen molar-refractivity contribution in [3.05, 3.63) is 10.1 Å². The number of rotatable bonds is 1. The van der Waals surface area contributed by atoms with Crippen molar-refractivity contribution in [2.45, 2.75) is 40.0 Å². The molecule has 78 valence electrons. The zero-order valence-electron chi connectivity index (χ0n) is 8.91. The maximum Gasteiger partial charge on any atom is 0.190 e. The molecule has 0 radical (unpaired) electrons. The highest BCUT2D eigenvalue weighted by molar-refractivity contribution is 5.93. The summed E-state index contributed by atoms with van der Waals surface area (Å²) in [5.41, 5.74) is 0.954. The summed E-state index contributed by atoms with van der Waals surface area (Å²) in [5, 5.41) is 13.4. The molecular weight excluding hydrogens is 180 g/mol. The van der Waals surface area contributed by atoms with Gasteiger partial charge in [-0.05, 0) is 30.6 Å². The average Bonchev–Trinajstić information content (AvgIpc) is 2.35. The molecular formula is C10H16N2O2.